The summed E-state index contributed by atoms with van der Waals surface area (Å²) >= 11 is 0. The van der Waals surface area contributed by atoms with Gasteiger partial charge in [-0.25, -0.2) is 18.4 Å². The summed E-state index contributed by atoms with van der Waals surface area (Å²) in [5.74, 6) is 2.03. The lowest BCUT2D eigenvalue weighted by atomic mass is 10.2. The van der Waals surface area contributed by atoms with Gasteiger partial charge < -0.3 is 24.1 Å². The quantitative estimate of drug-likeness (QED) is 0.209. The zero-order chi connectivity index (χ0) is 28.7. The van der Waals surface area contributed by atoms with Gasteiger partial charge in [0.1, 0.15) is 17.2 Å². The number of aryl methyl sites for hydroxylation is 1. The van der Waals surface area contributed by atoms with Crippen LogP contribution in [0.1, 0.15) is 30.0 Å². The second kappa shape index (κ2) is 10.3. The van der Waals surface area contributed by atoms with Crippen molar-refractivity contribution >= 4 is 38.3 Å². The number of rotatable bonds is 10. The van der Waals surface area contributed by atoms with Crippen LogP contribution < -0.4 is 24.2 Å². The molecule has 1 saturated carbocycles. The number of methoxy groups -OCH3 is 3. The zero-order valence-electron chi connectivity index (χ0n) is 22.7. The van der Waals surface area contributed by atoms with Crippen molar-refractivity contribution in [1.29, 1.82) is 0 Å². The summed E-state index contributed by atoms with van der Waals surface area (Å²) in [6.45, 7) is 1.87. The van der Waals surface area contributed by atoms with Crippen LogP contribution in [0.4, 0.5) is 17.3 Å². The van der Waals surface area contributed by atoms with Crippen LogP contribution in [0.25, 0.3) is 22.4 Å². The van der Waals surface area contributed by atoms with E-state index in [9.17, 15) is 8.42 Å². The highest BCUT2D eigenvalue weighted by atomic mass is 32.2. The van der Waals surface area contributed by atoms with Gasteiger partial charge in [-0.3, -0.25) is 9.82 Å². The van der Waals surface area contributed by atoms with E-state index >= 15 is 0 Å². The standard InChI is InChI=1S/C27H27N7O6S/c1-14-12-28-26(29-13-14)16-7-22(38-3)25(23(8-16)39-4)41(35,36)34-27-17-9-21(37-2)19(10-20(17)40-33-27)30-24-11-18(31-32-24)15-5-6-15/h7-13,15H,5-6H2,1-4H3,(H,33,34)(H2,30,31,32). The number of hydrogen-bond donors (Lipinski definition) is 3. The molecule has 3 aromatic heterocycles. The molecular weight excluding hydrogens is 550 g/mol. The average molecular weight is 578 g/mol. The highest BCUT2D eigenvalue weighted by molar-refractivity contribution is 7.93. The van der Waals surface area contributed by atoms with E-state index in [0.29, 0.717) is 45.5 Å². The van der Waals surface area contributed by atoms with E-state index in [4.69, 9.17) is 18.7 Å². The maximum atomic E-state index is 13.7. The first-order valence-corrected chi connectivity index (χ1v) is 14.2. The Kier molecular flexibility index (Phi) is 6.61. The Balaban J connectivity index is 1.33. The van der Waals surface area contributed by atoms with Crippen molar-refractivity contribution < 1.29 is 27.2 Å². The highest BCUT2D eigenvalue weighted by Crippen LogP contribution is 2.42. The number of H-pyrrole nitrogens is 1. The lowest BCUT2D eigenvalue weighted by Gasteiger charge is -2.16. The Bertz CT molecular complexity index is 1820. The zero-order valence-corrected chi connectivity index (χ0v) is 23.5. The lowest BCUT2D eigenvalue weighted by molar-refractivity contribution is 0.374. The molecular formula is C27H27N7O6S. The normalized spacial score (nSPS) is 13.3. The number of aromatic nitrogens is 5. The van der Waals surface area contributed by atoms with E-state index < -0.39 is 10.0 Å². The van der Waals surface area contributed by atoms with Gasteiger partial charge in [0, 0.05) is 41.7 Å². The molecule has 1 aliphatic carbocycles. The average Bonchev–Trinajstić information content (AvgIpc) is 3.61. The molecule has 2 aromatic carbocycles. The van der Waals surface area contributed by atoms with Gasteiger partial charge in [0.05, 0.1) is 32.4 Å². The first-order valence-electron chi connectivity index (χ1n) is 12.7. The van der Waals surface area contributed by atoms with Crippen molar-refractivity contribution in [3.8, 4) is 28.6 Å². The van der Waals surface area contributed by atoms with Crippen LogP contribution >= 0.6 is 0 Å². The van der Waals surface area contributed by atoms with Gasteiger partial charge in [-0.15, -0.1) is 0 Å². The fourth-order valence-electron chi connectivity index (χ4n) is 4.44. The van der Waals surface area contributed by atoms with Gasteiger partial charge in [-0.05, 0) is 43.5 Å². The third-order valence-electron chi connectivity index (χ3n) is 6.67. The Labute approximate surface area is 235 Å². The molecule has 212 valence electrons. The van der Waals surface area contributed by atoms with Gasteiger partial charge in [0.25, 0.3) is 10.0 Å². The van der Waals surface area contributed by atoms with Gasteiger partial charge in [0.2, 0.25) is 0 Å². The Morgan fingerprint density at radius 3 is 2.27 bits per heavy atom. The van der Waals surface area contributed by atoms with Crippen LogP contribution in [-0.2, 0) is 10.0 Å². The summed E-state index contributed by atoms with van der Waals surface area (Å²) in [5.41, 5.74) is 3.40. The van der Waals surface area contributed by atoms with Gasteiger partial charge in [-0.2, -0.15) is 5.10 Å². The topological polar surface area (TPSA) is 166 Å². The van der Waals surface area contributed by atoms with E-state index in [1.165, 1.54) is 33.5 Å². The van der Waals surface area contributed by atoms with Gasteiger partial charge >= 0.3 is 0 Å². The van der Waals surface area contributed by atoms with Gasteiger partial charge in [0.15, 0.2) is 27.9 Å². The summed E-state index contributed by atoms with van der Waals surface area (Å²) < 4.78 is 51.8. The Hall–Kier alpha value is -4.85. The molecule has 6 rings (SSSR count). The maximum Gasteiger partial charge on any atom is 0.270 e. The molecule has 0 aliphatic heterocycles. The van der Waals surface area contributed by atoms with Crippen molar-refractivity contribution in [2.75, 3.05) is 31.4 Å². The lowest BCUT2D eigenvalue weighted by Crippen LogP contribution is -2.16. The molecule has 0 amide bonds. The van der Waals surface area contributed by atoms with E-state index in [2.05, 4.69) is 35.4 Å². The minimum absolute atomic E-state index is 0.0318. The van der Waals surface area contributed by atoms with Crippen molar-refractivity contribution in [2.24, 2.45) is 0 Å². The predicted molar refractivity (Wildman–Crippen MR) is 151 cm³/mol. The SMILES string of the molecule is COc1cc2c(NS(=O)(=O)c3c(OC)cc(-c4ncc(C)cn4)cc3OC)noc2cc1Nc1cc(C2CC2)[nH]n1. The molecule has 0 radical (unpaired) electrons. The molecule has 3 N–H and O–H groups in total. The van der Waals surface area contributed by atoms with Crippen LogP contribution in [-0.4, -0.2) is 55.1 Å². The maximum absolute atomic E-state index is 13.7. The molecule has 13 nitrogen and oxygen atoms in total. The van der Waals surface area contributed by atoms with Crippen molar-refractivity contribution in [1.82, 2.24) is 25.3 Å². The van der Waals surface area contributed by atoms with E-state index in [-0.39, 0.29) is 22.2 Å². The van der Waals surface area contributed by atoms with Crippen LogP contribution in [0.2, 0.25) is 0 Å². The molecule has 1 fully saturated rings. The molecule has 0 bridgehead atoms. The number of benzene rings is 2. The molecule has 0 saturated heterocycles. The number of aromatic amines is 1. The molecule has 1 aliphatic rings. The van der Waals surface area contributed by atoms with Crippen LogP contribution in [0, 0.1) is 6.92 Å². The summed E-state index contributed by atoms with van der Waals surface area (Å²) in [5, 5.41) is 14.9. The monoisotopic (exact) mass is 577 g/mol. The summed E-state index contributed by atoms with van der Waals surface area (Å²) in [4.78, 5) is 8.41. The first kappa shape index (κ1) is 26.4. The van der Waals surface area contributed by atoms with E-state index in [0.717, 1.165) is 24.1 Å². The Morgan fingerprint density at radius 1 is 0.951 bits per heavy atom. The number of sulfonamides is 1. The van der Waals surface area contributed by atoms with E-state index in [1.54, 1.807) is 24.5 Å². The second-order valence-corrected chi connectivity index (χ2v) is 11.2. The highest BCUT2D eigenvalue weighted by Gasteiger charge is 2.29. The number of fused-ring (bicyclic) bond motifs is 1. The fraction of sp³-hybridized carbons (Fsp3) is 0.259. The summed E-state index contributed by atoms with van der Waals surface area (Å²) in [7, 11) is -0.0317. The largest absolute Gasteiger partial charge is 0.495 e. The first-order chi connectivity index (χ1) is 19.8. The number of ether oxygens (including phenoxy) is 3. The molecule has 5 aromatic rings. The number of hydrogen-bond acceptors (Lipinski definition) is 11. The summed E-state index contributed by atoms with van der Waals surface area (Å²) in [6.07, 6.45) is 5.63. The number of anilines is 3. The Morgan fingerprint density at radius 2 is 1.63 bits per heavy atom. The van der Waals surface area contributed by atoms with Crippen molar-refractivity contribution in [3.63, 3.8) is 0 Å². The number of nitrogens with zero attached hydrogens (tertiary/aromatic N) is 4. The third-order valence-corrected chi connectivity index (χ3v) is 8.07. The van der Waals surface area contributed by atoms with Crippen molar-refractivity contribution in [2.45, 2.75) is 30.6 Å². The van der Waals surface area contributed by atoms with Crippen LogP contribution in [0.15, 0.2) is 52.1 Å². The molecule has 3 heterocycles. The number of nitrogens with one attached hydrogen (secondary N) is 3. The van der Waals surface area contributed by atoms with Crippen LogP contribution in [0.3, 0.4) is 0 Å². The molecule has 0 spiro atoms. The molecule has 41 heavy (non-hydrogen) atoms. The molecule has 14 heteroatoms. The molecule has 0 unspecified atom stereocenters. The summed E-state index contributed by atoms with van der Waals surface area (Å²) in [6, 6.07) is 8.33. The fourth-order valence-corrected chi connectivity index (χ4v) is 5.76. The minimum atomic E-state index is -4.28. The van der Waals surface area contributed by atoms with Gasteiger partial charge in [-0.1, -0.05) is 5.16 Å². The van der Waals surface area contributed by atoms with E-state index in [1.807, 2.05) is 13.0 Å². The third kappa shape index (κ3) is 5.09. The second-order valence-electron chi connectivity index (χ2n) is 9.59. The molecule has 0 atom stereocenters. The van der Waals surface area contributed by atoms with Crippen molar-refractivity contribution in [3.05, 3.63) is 54.0 Å². The predicted octanol–water partition coefficient (Wildman–Crippen LogP) is 4.76. The van der Waals surface area contributed by atoms with Crippen LogP contribution in [0.5, 0.6) is 17.2 Å². The minimum Gasteiger partial charge on any atom is -0.495 e. The smallest absolute Gasteiger partial charge is 0.270 e.